The predicted octanol–water partition coefficient (Wildman–Crippen LogP) is 5.27. The van der Waals surface area contributed by atoms with Crippen LogP contribution in [-0.4, -0.2) is 23.5 Å². The summed E-state index contributed by atoms with van der Waals surface area (Å²) in [5.41, 5.74) is 0.0664. The predicted molar refractivity (Wildman–Crippen MR) is 100 cm³/mol. The zero-order valence-electron chi connectivity index (χ0n) is 16.9. The molecule has 0 spiro atoms. The molecular formula is C20H37NO3. The Morgan fingerprint density at radius 2 is 1.67 bits per heavy atom. The molecule has 2 unspecified atom stereocenters. The van der Waals surface area contributed by atoms with Crippen LogP contribution in [0.1, 0.15) is 81.1 Å². The van der Waals surface area contributed by atoms with E-state index in [2.05, 4.69) is 18.8 Å². The highest BCUT2D eigenvalue weighted by Gasteiger charge is 2.34. The molecule has 0 rings (SSSR count). The summed E-state index contributed by atoms with van der Waals surface area (Å²) >= 11 is 0. The van der Waals surface area contributed by atoms with Gasteiger partial charge in [0.25, 0.3) is 0 Å². The van der Waals surface area contributed by atoms with Crippen molar-refractivity contribution in [1.29, 1.82) is 0 Å². The smallest absolute Gasteiger partial charge is 0.408 e. The minimum absolute atomic E-state index is 0.0393. The number of carbonyl (C=O) groups is 2. The van der Waals surface area contributed by atoms with Crippen molar-refractivity contribution in [3.8, 4) is 0 Å². The largest absolute Gasteiger partial charge is 0.444 e. The molecule has 24 heavy (non-hydrogen) atoms. The number of hydrogen-bond acceptors (Lipinski definition) is 3. The molecule has 140 valence electrons. The molecule has 0 aliphatic carbocycles. The number of rotatable bonds is 8. The molecule has 0 bridgehead atoms. The minimum Gasteiger partial charge on any atom is -0.444 e. The fourth-order valence-corrected chi connectivity index (χ4v) is 2.54. The second kappa shape index (κ2) is 9.24. The van der Waals surface area contributed by atoms with Crippen LogP contribution in [0.5, 0.6) is 0 Å². The Labute approximate surface area is 148 Å². The minimum atomic E-state index is -0.586. The number of ether oxygens (including phenoxy) is 1. The molecule has 0 radical (unpaired) electrons. The van der Waals surface area contributed by atoms with Crippen molar-refractivity contribution in [3.05, 3.63) is 12.2 Å². The molecule has 0 aliphatic heterocycles. The summed E-state index contributed by atoms with van der Waals surface area (Å²) in [7, 11) is 0. The lowest BCUT2D eigenvalue weighted by Crippen LogP contribution is -2.50. The van der Waals surface area contributed by atoms with Crippen LogP contribution in [0.4, 0.5) is 4.79 Å². The Morgan fingerprint density at radius 3 is 2.04 bits per heavy atom. The van der Waals surface area contributed by atoms with Crippen LogP contribution in [0.15, 0.2) is 12.2 Å². The van der Waals surface area contributed by atoms with E-state index in [4.69, 9.17) is 4.74 Å². The van der Waals surface area contributed by atoms with Crippen molar-refractivity contribution in [2.45, 2.75) is 92.7 Å². The summed E-state index contributed by atoms with van der Waals surface area (Å²) in [4.78, 5) is 25.0. The molecule has 2 atom stereocenters. The quantitative estimate of drug-likeness (QED) is 0.613. The SMILES string of the molecule is C=C(C)C(CCCC)CC(=O)C(NC(=O)OC(C)(C)C)C(C)(C)C. The number of allylic oxidation sites excluding steroid dienone is 1. The van der Waals surface area contributed by atoms with Crippen LogP contribution in [0.3, 0.4) is 0 Å². The first-order chi connectivity index (χ1) is 10.8. The van der Waals surface area contributed by atoms with Crippen LogP contribution in [0.2, 0.25) is 0 Å². The van der Waals surface area contributed by atoms with Gasteiger partial charge in [-0.2, -0.15) is 0 Å². The fraction of sp³-hybridized carbons (Fsp3) is 0.800. The van der Waals surface area contributed by atoms with E-state index in [1.165, 1.54) is 0 Å². The van der Waals surface area contributed by atoms with E-state index >= 15 is 0 Å². The van der Waals surface area contributed by atoms with E-state index in [1.807, 2.05) is 48.5 Å². The lowest BCUT2D eigenvalue weighted by molar-refractivity contribution is -0.124. The summed E-state index contributed by atoms with van der Waals surface area (Å²) in [6.07, 6.45) is 2.99. The van der Waals surface area contributed by atoms with Crippen molar-refractivity contribution < 1.29 is 14.3 Å². The number of hydrogen-bond donors (Lipinski definition) is 1. The number of Topliss-reactive ketones (excluding diaryl/α,β-unsaturated/α-hetero) is 1. The van der Waals surface area contributed by atoms with Crippen molar-refractivity contribution in [2.24, 2.45) is 11.3 Å². The molecule has 0 fully saturated rings. The third-order valence-corrected chi connectivity index (χ3v) is 3.90. The van der Waals surface area contributed by atoms with Gasteiger partial charge in [-0.1, -0.05) is 52.7 Å². The molecular weight excluding hydrogens is 302 g/mol. The van der Waals surface area contributed by atoms with Gasteiger partial charge in [0.1, 0.15) is 5.60 Å². The van der Waals surface area contributed by atoms with Gasteiger partial charge in [-0.25, -0.2) is 4.79 Å². The highest BCUT2D eigenvalue weighted by atomic mass is 16.6. The zero-order chi connectivity index (χ0) is 19.1. The first-order valence-corrected chi connectivity index (χ1v) is 8.95. The van der Waals surface area contributed by atoms with Gasteiger partial charge in [0.2, 0.25) is 0 Å². The Bertz CT molecular complexity index is 441. The third kappa shape index (κ3) is 9.09. The highest BCUT2D eigenvalue weighted by Crippen LogP contribution is 2.27. The number of unbranched alkanes of at least 4 members (excludes halogenated alkanes) is 1. The van der Waals surface area contributed by atoms with Gasteiger partial charge < -0.3 is 10.1 Å². The molecule has 4 nitrogen and oxygen atoms in total. The summed E-state index contributed by atoms with van der Waals surface area (Å²) < 4.78 is 5.31. The molecule has 0 aliphatic rings. The van der Waals surface area contributed by atoms with E-state index in [0.717, 1.165) is 24.8 Å². The summed E-state index contributed by atoms with van der Waals surface area (Å²) in [6.45, 7) is 19.4. The number of carbonyl (C=O) groups excluding carboxylic acids is 2. The first kappa shape index (κ1) is 22.7. The Balaban J connectivity index is 5.07. The van der Waals surface area contributed by atoms with Crippen molar-refractivity contribution >= 4 is 11.9 Å². The normalized spacial score (nSPS) is 14.7. The maximum atomic E-state index is 12.9. The topological polar surface area (TPSA) is 55.4 Å². The lowest BCUT2D eigenvalue weighted by atomic mass is 9.80. The van der Waals surface area contributed by atoms with Crippen LogP contribution < -0.4 is 5.32 Å². The third-order valence-electron chi connectivity index (χ3n) is 3.90. The van der Waals surface area contributed by atoms with Crippen molar-refractivity contribution in [2.75, 3.05) is 0 Å². The monoisotopic (exact) mass is 339 g/mol. The molecule has 0 aromatic carbocycles. The Hall–Kier alpha value is -1.32. The van der Waals surface area contributed by atoms with E-state index in [9.17, 15) is 9.59 Å². The van der Waals surface area contributed by atoms with E-state index in [-0.39, 0.29) is 17.1 Å². The van der Waals surface area contributed by atoms with Crippen LogP contribution in [-0.2, 0) is 9.53 Å². The highest BCUT2D eigenvalue weighted by molar-refractivity contribution is 5.88. The second-order valence-electron chi connectivity index (χ2n) is 8.80. The van der Waals surface area contributed by atoms with Gasteiger partial charge in [-0.15, -0.1) is 0 Å². The number of ketones is 1. The lowest BCUT2D eigenvalue weighted by Gasteiger charge is -2.32. The van der Waals surface area contributed by atoms with E-state index in [1.54, 1.807) is 0 Å². The van der Waals surface area contributed by atoms with Gasteiger partial charge in [-0.3, -0.25) is 4.79 Å². The van der Waals surface area contributed by atoms with Gasteiger partial charge in [0.15, 0.2) is 5.78 Å². The van der Waals surface area contributed by atoms with Crippen molar-refractivity contribution in [3.63, 3.8) is 0 Å². The number of amides is 1. The van der Waals surface area contributed by atoms with Crippen LogP contribution in [0, 0.1) is 11.3 Å². The molecule has 4 heteroatoms. The average Bonchev–Trinajstić information content (AvgIpc) is 2.36. The molecule has 0 aromatic rings. The number of alkyl carbamates (subject to hydrolysis) is 1. The second-order valence-corrected chi connectivity index (χ2v) is 8.80. The molecule has 0 saturated heterocycles. The van der Waals surface area contributed by atoms with Crippen molar-refractivity contribution in [1.82, 2.24) is 5.32 Å². The Morgan fingerprint density at radius 1 is 1.12 bits per heavy atom. The standard InChI is InChI=1S/C20H37NO3/c1-10-11-12-15(14(2)3)13-16(22)17(19(4,5)6)21-18(23)24-20(7,8)9/h15,17H,2,10-13H2,1,3-9H3,(H,21,23). The van der Waals surface area contributed by atoms with Gasteiger partial charge in [0, 0.05) is 6.42 Å². The molecule has 0 aromatic heterocycles. The molecule has 0 saturated carbocycles. The molecule has 0 heterocycles. The summed E-state index contributed by atoms with van der Waals surface area (Å²) in [5.74, 6) is 0.209. The average molecular weight is 340 g/mol. The Kier molecular flexibility index (Phi) is 8.73. The summed E-state index contributed by atoms with van der Waals surface area (Å²) in [6, 6.07) is -0.573. The maximum Gasteiger partial charge on any atom is 0.408 e. The fourth-order valence-electron chi connectivity index (χ4n) is 2.54. The zero-order valence-corrected chi connectivity index (χ0v) is 16.9. The van der Waals surface area contributed by atoms with E-state index in [0.29, 0.717) is 6.42 Å². The summed E-state index contributed by atoms with van der Waals surface area (Å²) in [5, 5.41) is 2.77. The first-order valence-electron chi connectivity index (χ1n) is 8.95. The van der Waals surface area contributed by atoms with E-state index < -0.39 is 17.7 Å². The van der Waals surface area contributed by atoms with Gasteiger partial charge in [0.05, 0.1) is 6.04 Å². The van der Waals surface area contributed by atoms with Crippen LogP contribution in [0.25, 0.3) is 0 Å². The van der Waals surface area contributed by atoms with Gasteiger partial charge >= 0.3 is 6.09 Å². The van der Waals surface area contributed by atoms with Gasteiger partial charge in [-0.05, 0) is 45.4 Å². The molecule has 1 amide bonds. The number of nitrogens with one attached hydrogen (secondary N) is 1. The maximum absolute atomic E-state index is 12.9. The van der Waals surface area contributed by atoms with Crippen LogP contribution >= 0.6 is 0 Å². The molecule has 1 N–H and O–H groups in total.